The fourth-order valence-corrected chi connectivity index (χ4v) is 3.07. The van der Waals surface area contributed by atoms with Crippen molar-refractivity contribution < 1.29 is 14.3 Å². The molecule has 5 heteroatoms. The molecule has 0 aliphatic heterocycles. The van der Waals surface area contributed by atoms with Crippen molar-refractivity contribution in [3.63, 3.8) is 0 Å². The molecule has 0 saturated carbocycles. The number of ether oxygens (including phenoxy) is 1. The number of benzene rings is 2. The number of para-hydroxylation sites is 1. The molecule has 3 aromatic rings. The predicted octanol–water partition coefficient (Wildman–Crippen LogP) is 4.36. The summed E-state index contributed by atoms with van der Waals surface area (Å²) in [6, 6.07) is 18.9. The number of hydrogen-bond donors (Lipinski definition) is 1. The van der Waals surface area contributed by atoms with Gasteiger partial charge in [-0.1, -0.05) is 62.4 Å². The second-order valence-corrected chi connectivity index (χ2v) is 6.60. The van der Waals surface area contributed by atoms with Crippen LogP contribution in [0.5, 0.6) is 0 Å². The number of amides is 1. The topological polar surface area (TPSA) is 68.3 Å². The van der Waals surface area contributed by atoms with E-state index in [1.807, 2.05) is 68.4 Å². The molecule has 0 unspecified atom stereocenters. The van der Waals surface area contributed by atoms with Gasteiger partial charge in [-0.15, -0.1) is 0 Å². The van der Waals surface area contributed by atoms with Crippen LogP contribution < -0.4 is 5.32 Å². The lowest BCUT2D eigenvalue weighted by Gasteiger charge is -2.15. The number of rotatable bonds is 7. The van der Waals surface area contributed by atoms with Gasteiger partial charge in [0.25, 0.3) is 5.91 Å². The van der Waals surface area contributed by atoms with Gasteiger partial charge in [-0.3, -0.25) is 4.79 Å². The summed E-state index contributed by atoms with van der Waals surface area (Å²) >= 11 is 0. The number of nitrogens with one attached hydrogen (secondary N) is 1. The fraction of sp³-hybridized carbons (Fsp3) is 0.261. The Morgan fingerprint density at radius 2 is 1.68 bits per heavy atom. The summed E-state index contributed by atoms with van der Waals surface area (Å²) in [4.78, 5) is 29.5. The van der Waals surface area contributed by atoms with Crippen LogP contribution in [-0.4, -0.2) is 29.5 Å². The Kier molecular flexibility index (Phi) is 6.37. The number of hydrogen-bond acceptors (Lipinski definition) is 4. The van der Waals surface area contributed by atoms with E-state index in [9.17, 15) is 9.59 Å². The molecule has 0 atom stereocenters. The maximum atomic E-state index is 12.7. The van der Waals surface area contributed by atoms with Crippen LogP contribution in [0.4, 0.5) is 0 Å². The molecular formula is C23H24N2O3. The van der Waals surface area contributed by atoms with E-state index in [2.05, 4.69) is 10.3 Å². The first-order valence-corrected chi connectivity index (χ1v) is 9.54. The third-order valence-corrected chi connectivity index (χ3v) is 4.69. The smallest absolute Gasteiger partial charge is 0.339 e. The second kappa shape index (κ2) is 9.13. The number of fused-ring (bicyclic) bond motifs is 1. The molecule has 3 rings (SSSR count). The molecule has 0 aliphatic rings. The van der Waals surface area contributed by atoms with Crippen LogP contribution in [0.3, 0.4) is 0 Å². The Balaban J connectivity index is 1.85. The van der Waals surface area contributed by atoms with E-state index in [1.54, 1.807) is 6.07 Å². The third kappa shape index (κ3) is 4.55. The molecule has 0 bridgehead atoms. The van der Waals surface area contributed by atoms with Gasteiger partial charge in [0.1, 0.15) is 0 Å². The largest absolute Gasteiger partial charge is 0.452 e. The number of carbonyl (C=O) groups is 2. The van der Waals surface area contributed by atoms with Gasteiger partial charge in [0, 0.05) is 17.0 Å². The zero-order chi connectivity index (χ0) is 19.9. The van der Waals surface area contributed by atoms with Crippen molar-refractivity contribution in [1.82, 2.24) is 10.3 Å². The van der Waals surface area contributed by atoms with Crippen LogP contribution in [0.15, 0.2) is 60.7 Å². The predicted molar refractivity (Wildman–Crippen MR) is 110 cm³/mol. The minimum absolute atomic E-state index is 0.0950. The van der Waals surface area contributed by atoms with Gasteiger partial charge in [-0.25, -0.2) is 9.78 Å². The molecule has 0 spiro atoms. The Labute approximate surface area is 164 Å². The van der Waals surface area contributed by atoms with Gasteiger partial charge >= 0.3 is 5.97 Å². The summed E-state index contributed by atoms with van der Waals surface area (Å²) in [6.45, 7) is 3.72. The second-order valence-electron chi connectivity index (χ2n) is 6.60. The Morgan fingerprint density at radius 3 is 2.39 bits per heavy atom. The van der Waals surface area contributed by atoms with Crippen molar-refractivity contribution in [2.24, 2.45) is 0 Å². The lowest BCUT2D eigenvalue weighted by Crippen LogP contribution is -2.36. The van der Waals surface area contributed by atoms with Crippen LogP contribution in [-0.2, 0) is 9.53 Å². The average molecular weight is 376 g/mol. The van der Waals surface area contributed by atoms with Gasteiger partial charge < -0.3 is 10.1 Å². The summed E-state index contributed by atoms with van der Waals surface area (Å²) in [5.74, 6) is -0.820. The Hall–Kier alpha value is -3.21. The zero-order valence-corrected chi connectivity index (χ0v) is 16.1. The fourth-order valence-electron chi connectivity index (χ4n) is 3.07. The van der Waals surface area contributed by atoms with E-state index in [1.165, 1.54) is 0 Å². The molecule has 2 aromatic carbocycles. The van der Waals surface area contributed by atoms with Crippen LogP contribution in [0.25, 0.3) is 22.2 Å². The molecule has 144 valence electrons. The minimum atomic E-state index is -0.532. The van der Waals surface area contributed by atoms with Crippen LogP contribution in [0.2, 0.25) is 0 Å². The van der Waals surface area contributed by atoms with E-state index in [-0.39, 0.29) is 18.6 Å². The normalized spacial score (nSPS) is 10.8. The third-order valence-electron chi connectivity index (χ3n) is 4.69. The van der Waals surface area contributed by atoms with E-state index in [4.69, 9.17) is 4.74 Å². The molecule has 0 aliphatic carbocycles. The molecule has 1 N–H and O–H groups in total. The summed E-state index contributed by atoms with van der Waals surface area (Å²) in [7, 11) is 0. The Bertz CT molecular complexity index is 966. The molecule has 1 amide bonds. The van der Waals surface area contributed by atoms with Crippen LogP contribution in [0.1, 0.15) is 37.0 Å². The van der Waals surface area contributed by atoms with Crippen molar-refractivity contribution in [2.45, 2.75) is 32.7 Å². The highest BCUT2D eigenvalue weighted by molar-refractivity contribution is 6.05. The van der Waals surface area contributed by atoms with Crippen molar-refractivity contribution in [3.05, 3.63) is 66.2 Å². The number of aromatic nitrogens is 1. The highest BCUT2D eigenvalue weighted by Gasteiger charge is 2.17. The molecular weight excluding hydrogens is 352 g/mol. The molecule has 1 heterocycles. The van der Waals surface area contributed by atoms with Gasteiger partial charge in [0.2, 0.25) is 0 Å². The molecule has 0 radical (unpaired) electrons. The van der Waals surface area contributed by atoms with E-state index in [0.29, 0.717) is 22.2 Å². The van der Waals surface area contributed by atoms with Gasteiger partial charge in [0.05, 0.1) is 16.8 Å². The van der Waals surface area contributed by atoms with Gasteiger partial charge in [-0.2, -0.15) is 0 Å². The maximum Gasteiger partial charge on any atom is 0.339 e. The van der Waals surface area contributed by atoms with E-state index in [0.717, 1.165) is 18.4 Å². The summed E-state index contributed by atoms with van der Waals surface area (Å²) in [6.07, 6.45) is 1.68. The maximum absolute atomic E-state index is 12.7. The van der Waals surface area contributed by atoms with Crippen molar-refractivity contribution in [1.29, 1.82) is 0 Å². The molecule has 1 aromatic heterocycles. The minimum Gasteiger partial charge on any atom is -0.452 e. The van der Waals surface area contributed by atoms with Gasteiger partial charge in [0.15, 0.2) is 6.61 Å². The first-order chi connectivity index (χ1) is 13.6. The van der Waals surface area contributed by atoms with Crippen LogP contribution in [0, 0.1) is 0 Å². The number of carbonyl (C=O) groups excluding carboxylic acids is 2. The van der Waals surface area contributed by atoms with Gasteiger partial charge in [-0.05, 0) is 25.0 Å². The van der Waals surface area contributed by atoms with E-state index < -0.39 is 5.97 Å². The van der Waals surface area contributed by atoms with Crippen LogP contribution >= 0.6 is 0 Å². The highest BCUT2D eigenvalue weighted by atomic mass is 16.5. The van der Waals surface area contributed by atoms with Crippen molar-refractivity contribution >= 4 is 22.8 Å². The number of esters is 1. The molecule has 0 saturated heterocycles. The molecule has 5 nitrogen and oxygen atoms in total. The summed E-state index contributed by atoms with van der Waals surface area (Å²) < 4.78 is 5.30. The standard InChI is InChI=1S/C23H24N2O3/c1-3-17(4-2)24-22(26)15-28-23(27)19-14-21(16-10-6-5-7-11-16)25-20-13-9-8-12-18(19)20/h5-14,17H,3-4,15H2,1-2H3,(H,24,26). The lowest BCUT2D eigenvalue weighted by molar-refractivity contribution is -0.125. The monoisotopic (exact) mass is 376 g/mol. The van der Waals surface area contributed by atoms with Crippen molar-refractivity contribution in [3.8, 4) is 11.3 Å². The zero-order valence-electron chi connectivity index (χ0n) is 16.1. The summed E-state index contributed by atoms with van der Waals surface area (Å²) in [5.41, 5.74) is 2.71. The highest BCUT2D eigenvalue weighted by Crippen LogP contribution is 2.25. The molecule has 28 heavy (non-hydrogen) atoms. The SMILES string of the molecule is CCC(CC)NC(=O)COC(=O)c1cc(-c2ccccc2)nc2ccccc12. The number of pyridine rings is 1. The lowest BCUT2D eigenvalue weighted by atomic mass is 10.0. The summed E-state index contributed by atoms with van der Waals surface area (Å²) in [5, 5.41) is 3.57. The first-order valence-electron chi connectivity index (χ1n) is 9.54. The Morgan fingerprint density at radius 1 is 1.00 bits per heavy atom. The van der Waals surface area contributed by atoms with Crippen molar-refractivity contribution in [2.75, 3.05) is 6.61 Å². The first kappa shape index (κ1) is 19.5. The van der Waals surface area contributed by atoms with E-state index >= 15 is 0 Å². The average Bonchev–Trinajstić information content (AvgIpc) is 2.75. The number of nitrogens with zero attached hydrogens (tertiary/aromatic N) is 1. The quantitative estimate of drug-likeness (QED) is 0.622. The molecule has 0 fully saturated rings.